The number of carbonyl (C=O) groups excluding carboxylic acids is 2. The second-order valence-electron chi connectivity index (χ2n) is 7.63. The van der Waals surface area contributed by atoms with E-state index >= 15 is 0 Å². The summed E-state index contributed by atoms with van der Waals surface area (Å²) in [6, 6.07) is 6.50. The molecule has 27 heavy (non-hydrogen) atoms. The molecule has 1 saturated carbocycles. The molecule has 6 heteroatoms. The Morgan fingerprint density at radius 2 is 1.59 bits per heavy atom. The molecule has 2 amide bonds. The molecule has 0 unspecified atom stereocenters. The molecule has 6 nitrogen and oxygen atoms in total. The standard InChI is InChI=1S/C21H28N2O4/c24-19(9-8-16-4-1-2-5-16)22-10-12-23(13-11-22)20(25)15-17-6-3-7-18(14-17)21(26)27/h3,6-7,14,16H,1-2,4-5,8-13,15H2,(H,26,27). The van der Waals surface area contributed by atoms with Crippen molar-refractivity contribution in [2.24, 2.45) is 5.92 Å². The summed E-state index contributed by atoms with van der Waals surface area (Å²) < 4.78 is 0. The van der Waals surface area contributed by atoms with Gasteiger partial charge in [-0.2, -0.15) is 0 Å². The summed E-state index contributed by atoms with van der Waals surface area (Å²) in [6.07, 6.45) is 6.94. The SMILES string of the molecule is O=C(O)c1cccc(CC(=O)N2CCN(C(=O)CCC3CCCC3)CC2)c1. The average Bonchev–Trinajstić information content (AvgIpc) is 3.20. The molecular weight excluding hydrogens is 344 g/mol. The van der Waals surface area contributed by atoms with Gasteiger partial charge in [-0.25, -0.2) is 4.79 Å². The average molecular weight is 372 g/mol. The Balaban J connectivity index is 1.44. The molecule has 1 N–H and O–H groups in total. The van der Waals surface area contributed by atoms with Gasteiger partial charge in [-0.3, -0.25) is 9.59 Å². The van der Waals surface area contributed by atoms with Crippen molar-refractivity contribution in [2.45, 2.75) is 44.9 Å². The molecule has 0 spiro atoms. The van der Waals surface area contributed by atoms with E-state index in [1.54, 1.807) is 23.1 Å². The molecule has 3 rings (SSSR count). The summed E-state index contributed by atoms with van der Waals surface area (Å²) in [5.74, 6) is -0.0776. The van der Waals surface area contributed by atoms with E-state index in [1.165, 1.54) is 31.7 Å². The van der Waals surface area contributed by atoms with Crippen molar-refractivity contribution in [1.82, 2.24) is 9.80 Å². The van der Waals surface area contributed by atoms with Gasteiger partial charge in [-0.1, -0.05) is 37.8 Å². The van der Waals surface area contributed by atoms with Gasteiger partial charge in [-0.05, 0) is 30.0 Å². The number of hydrogen-bond donors (Lipinski definition) is 1. The van der Waals surface area contributed by atoms with E-state index in [9.17, 15) is 14.4 Å². The third kappa shape index (κ3) is 5.31. The smallest absolute Gasteiger partial charge is 0.335 e. The van der Waals surface area contributed by atoms with Crippen LogP contribution in [-0.4, -0.2) is 58.9 Å². The Morgan fingerprint density at radius 3 is 2.22 bits per heavy atom. The molecular formula is C21H28N2O4. The topological polar surface area (TPSA) is 77.9 Å². The van der Waals surface area contributed by atoms with E-state index in [1.807, 2.05) is 4.90 Å². The fraction of sp³-hybridized carbons (Fsp3) is 0.571. The minimum Gasteiger partial charge on any atom is -0.478 e. The van der Waals surface area contributed by atoms with E-state index in [-0.39, 0.29) is 23.8 Å². The highest BCUT2D eigenvalue weighted by molar-refractivity contribution is 5.88. The fourth-order valence-electron chi connectivity index (χ4n) is 4.09. The highest BCUT2D eigenvalue weighted by Gasteiger charge is 2.25. The molecule has 2 aliphatic rings. The lowest BCUT2D eigenvalue weighted by molar-refractivity contribution is -0.139. The first-order chi connectivity index (χ1) is 13.0. The third-order valence-electron chi connectivity index (χ3n) is 5.76. The maximum Gasteiger partial charge on any atom is 0.335 e. The number of piperazine rings is 1. The lowest BCUT2D eigenvalue weighted by atomic mass is 10.0. The number of carboxylic acids is 1. The molecule has 0 bridgehead atoms. The van der Waals surface area contributed by atoms with E-state index in [4.69, 9.17) is 5.11 Å². The van der Waals surface area contributed by atoms with Gasteiger partial charge in [0.05, 0.1) is 12.0 Å². The van der Waals surface area contributed by atoms with Crippen LogP contribution in [0.4, 0.5) is 0 Å². The molecule has 1 aliphatic heterocycles. The Bertz CT molecular complexity index is 689. The van der Waals surface area contributed by atoms with E-state index in [0.717, 1.165) is 12.3 Å². The quantitative estimate of drug-likeness (QED) is 0.832. The highest BCUT2D eigenvalue weighted by Crippen LogP contribution is 2.28. The summed E-state index contributed by atoms with van der Waals surface area (Å²) >= 11 is 0. The highest BCUT2D eigenvalue weighted by atomic mass is 16.4. The summed E-state index contributed by atoms with van der Waals surface area (Å²) in [5, 5.41) is 9.05. The van der Waals surface area contributed by atoms with Crippen molar-refractivity contribution in [3.63, 3.8) is 0 Å². The lowest BCUT2D eigenvalue weighted by Gasteiger charge is -2.35. The van der Waals surface area contributed by atoms with Gasteiger partial charge in [0.15, 0.2) is 0 Å². The van der Waals surface area contributed by atoms with E-state index in [0.29, 0.717) is 38.2 Å². The Labute approximate surface area is 160 Å². The molecule has 2 fully saturated rings. The van der Waals surface area contributed by atoms with Crippen molar-refractivity contribution in [3.8, 4) is 0 Å². The van der Waals surface area contributed by atoms with E-state index < -0.39 is 5.97 Å². The second-order valence-corrected chi connectivity index (χ2v) is 7.63. The molecule has 1 aliphatic carbocycles. The van der Waals surface area contributed by atoms with Crippen molar-refractivity contribution in [3.05, 3.63) is 35.4 Å². The van der Waals surface area contributed by atoms with Crippen LogP contribution in [0.2, 0.25) is 0 Å². The maximum atomic E-state index is 12.5. The van der Waals surface area contributed by atoms with Crippen LogP contribution < -0.4 is 0 Å². The van der Waals surface area contributed by atoms with Crippen LogP contribution in [0.1, 0.15) is 54.4 Å². The largest absolute Gasteiger partial charge is 0.478 e. The number of rotatable bonds is 6. The molecule has 0 atom stereocenters. The minimum absolute atomic E-state index is 0.0180. The first-order valence-electron chi connectivity index (χ1n) is 9.90. The summed E-state index contributed by atoms with van der Waals surface area (Å²) in [4.78, 5) is 39.6. The lowest BCUT2D eigenvalue weighted by Crippen LogP contribution is -2.51. The van der Waals surface area contributed by atoms with E-state index in [2.05, 4.69) is 0 Å². The van der Waals surface area contributed by atoms with Crippen LogP contribution in [0.5, 0.6) is 0 Å². The first-order valence-corrected chi connectivity index (χ1v) is 9.90. The number of carbonyl (C=O) groups is 3. The zero-order chi connectivity index (χ0) is 19.2. The Morgan fingerprint density at radius 1 is 0.963 bits per heavy atom. The fourth-order valence-corrected chi connectivity index (χ4v) is 4.09. The zero-order valence-electron chi connectivity index (χ0n) is 15.7. The molecule has 1 aromatic rings. The number of amides is 2. The van der Waals surface area contributed by atoms with Crippen LogP contribution in [0.15, 0.2) is 24.3 Å². The molecule has 1 aromatic carbocycles. The summed E-state index contributed by atoms with van der Waals surface area (Å²) in [5.41, 5.74) is 0.896. The molecule has 1 heterocycles. The van der Waals surface area contributed by atoms with Gasteiger partial charge in [0.1, 0.15) is 0 Å². The third-order valence-corrected chi connectivity index (χ3v) is 5.76. The molecule has 0 radical (unpaired) electrons. The molecule has 146 valence electrons. The van der Waals surface area contributed by atoms with Gasteiger partial charge < -0.3 is 14.9 Å². The number of benzene rings is 1. The van der Waals surface area contributed by atoms with Crippen LogP contribution in [0, 0.1) is 5.92 Å². The number of aromatic carboxylic acids is 1. The number of carboxylic acid groups (broad SMARTS) is 1. The predicted octanol–water partition coefficient (Wildman–Crippen LogP) is 2.57. The second kappa shape index (κ2) is 9.02. The predicted molar refractivity (Wildman–Crippen MR) is 101 cm³/mol. The normalized spacial score (nSPS) is 17.9. The minimum atomic E-state index is -0.992. The van der Waals surface area contributed by atoms with Crippen LogP contribution in [0.25, 0.3) is 0 Å². The van der Waals surface area contributed by atoms with Crippen LogP contribution >= 0.6 is 0 Å². The number of hydrogen-bond acceptors (Lipinski definition) is 3. The first kappa shape index (κ1) is 19.4. The Hall–Kier alpha value is -2.37. The Kier molecular flexibility index (Phi) is 6.48. The van der Waals surface area contributed by atoms with Gasteiger partial charge in [0.25, 0.3) is 0 Å². The molecule has 1 saturated heterocycles. The van der Waals surface area contributed by atoms with Gasteiger partial charge >= 0.3 is 5.97 Å². The zero-order valence-corrected chi connectivity index (χ0v) is 15.7. The summed E-state index contributed by atoms with van der Waals surface area (Å²) in [6.45, 7) is 2.27. The van der Waals surface area contributed by atoms with Gasteiger partial charge in [0, 0.05) is 32.6 Å². The molecule has 0 aromatic heterocycles. The van der Waals surface area contributed by atoms with Gasteiger partial charge in [0.2, 0.25) is 11.8 Å². The maximum absolute atomic E-state index is 12.5. The monoisotopic (exact) mass is 372 g/mol. The van der Waals surface area contributed by atoms with Crippen LogP contribution in [-0.2, 0) is 16.0 Å². The summed E-state index contributed by atoms with van der Waals surface area (Å²) in [7, 11) is 0. The van der Waals surface area contributed by atoms with Crippen LogP contribution in [0.3, 0.4) is 0 Å². The van der Waals surface area contributed by atoms with Gasteiger partial charge in [-0.15, -0.1) is 0 Å². The number of nitrogens with zero attached hydrogens (tertiary/aromatic N) is 2. The van der Waals surface area contributed by atoms with Crippen molar-refractivity contribution in [1.29, 1.82) is 0 Å². The van der Waals surface area contributed by atoms with Crippen molar-refractivity contribution in [2.75, 3.05) is 26.2 Å². The van der Waals surface area contributed by atoms with Crippen molar-refractivity contribution >= 4 is 17.8 Å². The van der Waals surface area contributed by atoms with Crippen molar-refractivity contribution < 1.29 is 19.5 Å².